The molecule has 5 nitrogen and oxygen atoms in total. The lowest BCUT2D eigenvalue weighted by molar-refractivity contribution is -0.128. The summed E-state index contributed by atoms with van der Waals surface area (Å²) in [5, 5.41) is 5.33. The van der Waals surface area contributed by atoms with Crippen LogP contribution in [0.5, 0.6) is 0 Å². The molecule has 5 heteroatoms. The van der Waals surface area contributed by atoms with E-state index in [2.05, 4.69) is 10.6 Å². The number of rotatable bonds is 6. The van der Waals surface area contributed by atoms with Gasteiger partial charge in [0.15, 0.2) is 0 Å². The van der Waals surface area contributed by atoms with Crippen LogP contribution in [0.4, 0.5) is 5.69 Å². The summed E-state index contributed by atoms with van der Waals surface area (Å²) in [5.74, 6) is -0.293. The number of carbonyl (C=O) groups is 2. The van der Waals surface area contributed by atoms with Gasteiger partial charge >= 0.3 is 0 Å². The van der Waals surface area contributed by atoms with Crippen LogP contribution in [0.1, 0.15) is 25.8 Å². The van der Waals surface area contributed by atoms with E-state index in [1.165, 1.54) is 0 Å². The molecule has 1 unspecified atom stereocenters. The Kier molecular flexibility index (Phi) is 5.85. The number of likely N-dealkylation sites (N-methyl/N-ethyl adjacent to an activating group) is 1. The Hall–Kier alpha value is -2.04. The third-order valence-electron chi connectivity index (χ3n) is 2.74. The van der Waals surface area contributed by atoms with Gasteiger partial charge in [-0.15, -0.1) is 0 Å². The van der Waals surface area contributed by atoms with Gasteiger partial charge in [0.25, 0.3) is 0 Å². The Morgan fingerprint density at radius 3 is 2.47 bits per heavy atom. The molecule has 0 aliphatic heterocycles. The van der Waals surface area contributed by atoms with Crippen LogP contribution < -0.4 is 16.4 Å². The molecule has 1 atom stereocenters. The molecule has 0 aliphatic rings. The fourth-order valence-electron chi connectivity index (χ4n) is 1.65. The summed E-state index contributed by atoms with van der Waals surface area (Å²) in [5.41, 5.74) is 7.34. The lowest BCUT2D eigenvalue weighted by atomic mass is 10.1. The van der Waals surface area contributed by atoms with Crippen molar-refractivity contribution < 1.29 is 9.59 Å². The van der Waals surface area contributed by atoms with E-state index in [1.54, 1.807) is 6.92 Å². The van der Waals surface area contributed by atoms with Crippen molar-refractivity contribution in [1.82, 2.24) is 10.6 Å². The second kappa shape index (κ2) is 7.41. The van der Waals surface area contributed by atoms with E-state index in [4.69, 9.17) is 5.73 Å². The maximum atomic E-state index is 11.7. The van der Waals surface area contributed by atoms with E-state index in [9.17, 15) is 9.59 Å². The molecule has 0 aromatic heterocycles. The molecule has 0 aliphatic carbocycles. The number of hydrogen-bond acceptors (Lipinski definition) is 3. The van der Waals surface area contributed by atoms with Gasteiger partial charge in [-0.25, -0.2) is 0 Å². The number of nitrogens with one attached hydrogen (secondary N) is 2. The summed E-state index contributed by atoms with van der Waals surface area (Å²) >= 11 is 0. The Morgan fingerprint density at radius 2 is 1.89 bits per heavy atom. The van der Waals surface area contributed by atoms with Gasteiger partial charge in [0, 0.05) is 18.7 Å². The minimum Gasteiger partial charge on any atom is -0.399 e. The van der Waals surface area contributed by atoms with Gasteiger partial charge in [-0.05, 0) is 38.0 Å². The van der Waals surface area contributed by atoms with Gasteiger partial charge in [0.2, 0.25) is 11.8 Å². The Morgan fingerprint density at radius 1 is 1.26 bits per heavy atom. The summed E-state index contributed by atoms with van der Waals surface area (Å²) in [6, 6.07) is 6.92. The monoisotopic (exact) mass is 263 g/mol. The molecule has 19 heavy (non-hydrogen) atoms. The van der Waals surface area contributed by atoms with Gasteiger partial charge in [-0.3, -0.25) is 9.59 Å². The summed E-state index contributed by atoms with van der Waals surface area (Å²) in [4.78, 5) is 23.1. The van der Waals surface area contributed by atoms with Crippen molar-refractivity contribution in [2.75, 3.05) is 12.3 Å². The average molecular weight is 263 g/mol. The fraction of sp³-hybridized carbons (Fsp3) is 0.429. The van der Waals surface area contributed by atoms with Gasteiger partial charge in [0.05, 0.1) is 0 Å². The summed E-state index contributed by atoms with van der Waals surface area (Å²) in [7, 11) is 0. The van der Waals surface area contributed by atoms with Crippen LogP contribution in [0, 0.1) is 0 Å². The van der Waals surface area contributed by atoms with Crippen LogP contribution in [-0.4, -0.2) is 24.4 Å². The third kappa shape index (κ3) is 5.42. The molecule has 4 N–H and O–H groups in total. The van der Waals surface area contributed by atoms with Crippen LogP contribution in [0.3, 0.4) is 0 Å². The first kappa shape index (κ1) is 15.0. The lowest BCUT2D eigenvalue weighted by Gasteiger charge is -2.13. The zero-order valence-corrected chi connectivity index (χ0v) is 11.4. The molecule has 0 saturated heterocycles. The zero-order valence-electron chi connectivity index (χ0n) is 11.4. The largest absolute Gasteiger partial charge is 0.399 e. The highest BCUT2D eigenvalue weighted by atomic mass is 16.2. The standard InChI is InChI=1S/C14H21N3O2/c1-3-16-14(19)10(2)17-13(18)9-6-11-4-7-12(15)8-5-11/h4-5,7-8,10H,3,6,9,15H2,1-2H3,(H,16,19)(H,17,18). The molecule has 2 amide bonds. The lowest BCUT2D eigenvalue weighted by Crippen LogP contribution is -2.44. The van der Waals surface area contributed by atoms with Gasteiger partial charge in [0.1, 0.15) is 6.04 Å². The molecule has 1 aromatic rings. The van der Waals surface area contributed by atoms with E-state index in [0.29, 0.717) is 25.1 Å². The van der Waals surface area contributed by atoms with Crippen LogP contribution in [-0.2, 0) is 16.0 Å². The molecule has 0 fully saturated rings. The van der Waals surface area contributed by atoms with Crippen molar-refractivity contribution >= 4 is 17.5 Å². The van der Waals surface area contributed by atoms with Gasteiger partial charge < -0.3 is 16.4 Å². The molecule has 0 saturated carbocycles. The number of aryl methyl sites for hydroxylation is 1. The minimum atomic E-state index is -0.501. The highest BCUT2D eigenvalue weighted by Crippen LogP contribution is 2.07. The first-order chi connectivity index (χ1) is 9.02. The summed E-state index contributed by atoms with van der Waals surface area (Å²) < 4.78 is 0. The van der Waals surface area contributed by atoms with Crippen molar-refractivity contribution in [3.8, 4) is 0 Å². The molecule has 1 rings (SSSR count). The van der Waals surface area contributed by atoms with Crippen molar-refractivity contribution in [1.29, 1.82) is 0 Å². The maximum absolute atomic E-state index is 11.7. The van der Waals surface area contributed by atoms with E-state index >= 15 is 0 Å². The van der Waals surface area contributed by atoms with E-state index in [0.717, 1.165) is 5.56 Å². The Labute approximate surface area is 113 Å². The molecular weight excluding hydrogens is 242 g/mol. The highest BCUT2D eigenvalue weighted by Gasteiger charge is 2.14. The van der Waals surface area contributed by atoms with Gasteiger partial charge in [-0.1, -0.05) is 12.1 Å². The number of anilines is 1. The average Bonchev–Trinajstić information content (AvgIpc) is 2.38. The molecule has 104 valence electrons. The van der Waals surface area contributed by atoms with Crippen LogP contribution >= 0.6 is 0 Å². The molecule has 1 aromatic carbocycles. The van der Waals surface area contributed by atoms with Crippen molar-refractivity contribution in [2.45, 2.75) is 32.7 Å². The molecule has 0 bridgehead atoms. The van der Waals surface area contributed by atoms with Crippen molar-refractivity contribution in [2.24, 2.45) is 0 Å². The number of nitrogens with two attached hydrogens (primary N) is 1. The summed E-state index contributed by atoms with van der Waals surface area (Å²) in [6.07, 6.45) is 0.988. The number of amides is 2. The maximum Gasteiger partial charge on any atom is 0.242 e. The predicted molar refractivity (Wildman–Crippen MR) is 75.5 cm³/mol. The predicted octanol–water partition coefficient (Wildman–Crippen LogP) is 0.842. The molecular formula is C14H21N3O2. The molecule has 0 heterocycles. The van der Waals surface area contributed by atoms with Crippen molar-refractivity contribution in [3.63, 3.8) is 0 Å². The van der Waals surface area contributed by atoms with Gasteiger partial charge in [-0.2, -0.15) is 0 Å². The third-order valence-corrected chi connectivity index (χ3v) is 2.74. The number of nitrogen functional groups attached to an aromatic ring is 1. The van der Waals surface area contributed by atoms with Crippen molar-refractivity contribution in [3.05, 3.63) is 29.8 Å². The minimum absolute atomic E-state index is 0.129. The van der Waals surface area contributed by atoms with E-state index in [1.807, 2.05) is 31.2 Å². The number of hydrogen-bond donors (Lipinski definition) is 3. The summed E-state index contributed by atoms with van der Waals surface area (Å²) in [6.45, 7) is 4.07. The SMILES string of the molecule is CCNC(=O)C(C)NC(=O)CCc1ccc(N)cc1. The van der Waals surface area contributed by atoms with Crippen LogP contribution in [0.15, 0.2) is 24.3 Å². The Balaban J connectivity index is 2.35. The zero-order chi connectivity index (χ0) is 14.3. The molecule has 0 radical (unpaired) electrons. The second-order valence-electron chi connectivity index (χ2n) is 4.43. The second-order valence-corrected chi connectivity index (χ2v) is 4.43. The number of carbonyl (C=O) groups excluding carboxylic acids is 2. The fourth-order valence-corrected chi connectivity index (χ4v) is 1.65. The topological polar surface area (TPSA) is 84.2 Å². The van der Waals surface area contributed by atoms with E-state index < -0.39 is 6.04 Å². The van der Waals surface area contributed by atoms with E-state index in [-0.39, 0.29) is 11.8 Å². The quantitative estimate of drug-likeness (QED) is 0.665. The Bertz CT molecular complexity index is 429. The van der Waals surface area contributed by atoms with Crippen LogP contribution in [0.2, 0.25) is 0 Å². The number of benzene rings is 1. The highest BCUT2D eigenvalue weighted by molar-refractivity contribution is 5.87. The van der Waals surface area contributed by atoms with Crippen LogP contribution in [0.25, 0.3) is 0 Å². The first-order valence-electron chi connectivity index (χ1n) is 6.44. The first-order valence-corrected chi connectivity index (χ1v) is 6.44. The normalized spacial score (nSPS) is 11.7. The smallest absolute Gasteiger partial charge is 0.242 e. The molecule has 0 spiro atoms.